The lowest BCUT2D eigenvalue weighted by Crippen LogP contribution is -2.14. The fourth-order valence-corrected chi connectivity index (χ4v) is 3.78. The standard InChI is InChI=1S/C15H12BrN3OS2/c1-9-7-17-15(22-9)19-13(20)6-12-8-21-14(18-12)10-3-2-4-11(16)5-10/h2-5,7-8H,6H2,1H3,(H,17,19,20). The van der Waals surface area contributed by atoms with Crippen LogP contribution in [0.5, 0.6) is 0 Å². The molecule has 7 heteroatoms. The molecule has 0 aliphatic rings. The summed E-state index contributed by atoms with van der Waals surface area (Å²) in [6.07, 6.45) is 2.00. The molecule has 0 radical (unpaired) electrons. The van der Waals surface area contributed by atoms with Crippen molar-refractivity contribution in [2.75, 3.05) is 5.32 Å². The number of halogens is 1. The van der Waals surface area contributed by atoms with Crippen LogP contribution in [0.4, 0.5) is 5.13 Å². The minimum atomic E-state index is -0.0968. The number of aryl methyl sites for hydroxylation is 1. The maximum Gasteiger partial charge on any atom is 0.232 e. The zero-order valence-electron chi connectivity index (χ0n) is 11.7. The van der Waals surface area contributed by atoms with E-state index in [1.807, 2.05) is 36.6 Å². The normalized spacial score (nSPS) is 10.6. The largest absolute Gasteiger partial charge is 0.302 e. The second kappa shape index (κ2) is 6.68. The minimum Gasteiger partial charge on any atom is -0.302 e. The number of nitrogens with zero attached hydrogens (tertiary/aromatic N) is 2. The number of hydrogen-bond donors (Lipinski definition) is 1. The van der Waals surface area contributed by atoms with Crippen molar-refractivity contribution in [3.63, 3.8) is 0 Å². The molecule has 3 rings (SSSR count). The van der Waals surface area contributed by atoms with Crippen molar-refractivity contribution >= 4 is 49.6 Å². The molecule has 0 aliphatic heterocycles. The Bertz CT molecular complexity index is 812. The number of hydrogen-bond acceptors (Lipinski definition) is 5. The number of benzene rings is 1. The van der Waals surface area contributed by atoms with E-state index in [9.17, 15) is 4.79 Å². The maximum atomic E-state index is 12.0. The second-order valence-corrected chi connectivity index (χ2v) is 7.66. The average molecular weight is 394 g/mol. The van der Waals surface area contributed by atoms with Crippen molar-refractivity contribution in [2.45, 2.75) is 13.3 Å². The lowest BCUT2D eigenvalue weighted by atomic mass is 10.2. The summed E-state index contributed by atoms with van der Waals surface area (Å²) in [6, 6.07) is 7.96. The Labute approximate surface area is 144 Å². The molecule has 3 aromatic rings. The molecule has 112 valence electrons. The molecule has 22 heavy (non-hydrogen) atoms. The third kappa shape index (κ3) is 3.79. The maximum absolute atomic E-state index is 12.0. The van der Waals surface area contributed by atoms with Crippen molar-refractivity contribution in [1.29, 1.82) is 0 Å². The summed E-state index contributed by atoms with van der Waals surface area (Å²) in [7, 11) is 0. The van der Waals surface area contributed by atoms with Gasteiger partial charge in [-0.1, -0.05) is 28.1 Å². The molecule has 0 unspecified atom stereocenters. The van der Waals surface area contributed by atoms with Crippen molar-refractivity contribution in [3.05, 3.63) is 50.9 Å². The number of rotatable bonds is 4. The van der Waals surface area contributed by atoms with Crippen LogP contribution >= 0.6 is 38.6 Å². The van der Waals surface area contributed by atoms with Gasteiger partial charge in [-0.05, 0) is 19.1 Å². The molecule has 0 saturated heterocycles. The van der Waals surface area contributed by atoms with Crippen LogP contribution < -0.4 is 5.32 Å². The van der Waals surface area contributed by atoms with Gasteiger partial charge in [0.25, 0.3) is 0 Å². The van der Waals surface area contributed by atoms with E-state index in [2.05, 4.69) is 31.2 Å². The Morgan fingerprint density at radius 2 is 2.27 bits per heavy atom. The van der Waals surface area contributed by atoms with Gasteiger partial charge in [0.15, 0.2) is 5.13 Å². The van der Waals surface area contributed by atoms with Crippen molar-refractivity contribution in [3.8, 4) is 10.6 Å². The quantitative estimate of drug-likeness (QED) is 0.708. The highest BCUT2D eigenvalue weighted by Gasteiger charge is 2.11. The molecule has 0 aliphatic carbocycles. The first kappa shape index (κ1) is 15.3. The van der Waals surface area contributed by atoms with Gasteiger partial charge in [0.2, 0.25) is 5.91 Å². The molecule has 1 amide bonds. The predicted molar refractivity (Wildman–Crippen MR) is 94.4 cm³/mol. The molecule has 1 N–H and O–H groups in total. The molecule has 0 saturated carbocycles. The molecule has 0 bridgehead atoms. The number of aromatic nitrogens is 2. The number of carbonyl (C=O) groups excluding carboxylic acids is 1. The first-order valence-corrected chi connectivity index (χ1v) is 9.02. The Morgan fingerprint density at radius 3 is 3.00 bits per heavy atom. The monoisotopic (exact) mass is 393 g/mol. The van der Waals surface area contributed by atoms with Crippen LogP contribution in [-0.2, 0) is 11.2 Å². The molecule has 0 fully saturated rings. The van der Waals surface area contributed by atoms with Gasteiger partial charge >= 0.3 is 0 Å². The lowest BCUT2D eigenvalue weighted by Gasteiger charge is -1.99. The summed E-state index contributed by atoms with van der Waals surface area (Å²) in [5.41, 5.74) is 1.81. The third-order valence-electron chi connectivity index (χ3n) is 2.83. The highest BCUT2D eigenvalue weighted by atomic mass is 79.9. The van der Waals surface area contributed by atoms with Gasteiger partial charge in [-0.25, -0.2) is 9.97 Å². The zero-order chi connectivity index (χ0) is 15.5. The van der Waals surface area contributed by atoms with E-state index in [-0.39, 0.29) is 12.3 Å². The van der Waals surface area contributed by atoms with Gasteiger partial charge in [-0.2, -0.15) is 0 Å². The summed E-state index contributed by atoms with van der Waals surface area (Å²) in [5, 5.41) is 6.26. The van der Waals surface area contributed by atoms with Crippen LogP contribution in [0, 0.1) is 6.92 Å². The van der Waals surface area contributed by atoms with Crippen LogP contribution in [0.25, 0.3) is 10.6 Å². The van der Waals surface area contributed by atoms with E-state index >= 15 is 0 Å². The fraction of sp³-hybridized carbons (Fsp3) is 0.133. The molecule has 4 nitrogen and oxygen atoms in total. The summed E-state index contributed by atoms with van der Waals surface area (Å²) in [6.45, 7) is 1.96. The van der Waals surface area contributed by atoms with Crippen LogP contribution in [0.2, 0.25) is 0 Å². The molecule has 0 atom stereocenters. The summed E-state index contributed by atoms with van der Waals surface area (Å²) >= 11 is 6.46. The van der Waals surface area contributed by atoms with E-state index in [0.717, 1.165) is 25.6 Å². The fourth-order valence-electron chi connectivity index (χ4n) is 1.88. The van der Waals surface area contributed by atoms with E-state index in [1.165, 1.54) is 22.7 Å². The predicted octanol–water partition coefficient (Wildman–Crippen LogP) is 4.52. The second-order valence-electron chi connectivity index (χ2n) is 4.66. The number of amides is 1. The third-order valence-corrected chi connectivity index (χ3v) is 5.09. The number of nitrogens with one attached hydrogen (secondary N) is 1. The van der Waals surface area contributed by atoms with E-state index in [1.54, 1.807) is 6.20 Å². The Kier molecular flexibility index (Phi) is 4.66. The summed E-state index contributed by atoms with van der Waals surface area (Å²) < 4.78 is 1.01. The van der Waals surface area contributed by atoms with E-state index < -0.39 is 0 Å². The Hall–Kier alpha value is -1.57. The van der Waals surface area contributed by atoms with Crippen molar-refractivity contribution in [2.24, 2.45) is 0 Å². The molecule has 2 heterocycles. The number of anilines is 1. The summed E-state index contributed by atoms with van der Waals surface area (Å²) in [5.74, 6) is -0.0968. The summed E-state index contributed by atoms with van der Waals surface area (Å²) in [4.78, 5) is 21.7. The topological polar surface area (TPSA) is 54.9 Å². The smallest absolute Gasteiger partial charge is 0.232 e. The minimum absolute atomic E-state index is 0.0968. The zero-order valence-corrected chi connectivity index (χ0v) is 14.9. The van der Waals surface area contributed by atoms with Crippen molar-refractivity contribution in [1.82, 2.24) is 9.97 Å². The molecular weight excluding hydrogens is 382 g/mol. The van der Waals surface area contributed by atoms with E-state index in [0.29, 0.717) is 5.13 Å². The molecule has 0 spiro atoms. The molecule has 2 aromatic heterocycles. The van der Waals surface area contributed by atoms with Crippen molar-refractivity contribution < 1.29 is 4.79 Å². The van der Waals surface area contributed by atoms with Gasteiger partial charge in [-0.15, -0.1) is 22.7 Å². The van der Waals surface area contributed by atoms with Crippen LogP contribution in [0.15, 0.2) is 40.3 Å². The van der Waals surface area contributed by atoms with Gasteiger partial charge in [0.1, 0.15) is 5.01 Å². The first-order valence-electron chi connectivity index (χ1n) is 6.53. The number of carbonyl (C=O) groups is 1. The van der Waals surface area contributed by atoms with E-state index in [4.69, 9.17) is 0 Å². The highest BCUT2D eigenvalue weighted by Crippen LogP contribution is 2.26. The highest BCUT2D eigenvalue weighted by molar-refractivity contribution is 9.10. The molecule has 1 aromatic carbocycles. The Morgan fingerprint density at radius 1 is 1.41 bits per heavy atom. The van der Waals surface area contributed by atoms with Crippen LogP contribution in [0.1, 0.15) is 10.6 Å². The van der Waals surface area contributed by atoms with Gasteiger partial charge in [0, 0.05) is 26.5 Å². The van der Waals surface area contributed by atoms with Gasteiger partial charge in [0.05, 0.1) is 12.1 Å². The Balaban J connectivity index is 1.67. The van der Waals surface area contributed by atoms with Gasteiger partial charge < -0.3 is 5.32 Å². The van der Waals surface area contributed by atoms with Gasteiger partial charge in [-0.3, -0.25) is 4.79 Å². The molecular formula is C15H12BrN3OS2. The van der Waals surface area contributed by atoms with Crippen LogP contribution in [-0.4, -0.2) is 15.9 Å². The average Bonchev–Trinajstić information content (AvgIpc) is 3.08. The lowest BCUT2D eigenvalue weighted by molar-refractivity contribution is -0.115. The SMILES string of the molecule is Cc1cnc(NC(=O)Cc2csc(-c3cccc(Br)c3)n2)s1. The number of thiazole rings is 2. The van der Waals surface area contributed by atoms with Crippen LogP contribution in [0.3, 0.4) is 0 Å². The first-order chi connectivity index (χ1) is 10.6.